The Balaban J connectivity index is 1.39. The number of amides is 4. The lowest BCUT2D eigenvalue weighted by Gasteiger charge is -2.36. The zero-order chi connectivity index (χ0) is 31.2. The Morgan fingerprint density at radius 3 is 2.05 bits per heavy atom. The average molecular weight is 603 g/mol. The Bertz CT molecular complexity index is 1410. The fourth-order valence-corrected chi connectivity index (χ4v) is 5.88. The summed E-state index contributed by atoms with van der Waals surface area (Å²) in [5.74, 6) is 0.248. The van der Waals surface area contributed by atoms with Gasteiger partial charge in [0.05, 0.1) is 0 Å². The number of anilines is 1. The first kappa shape index (κ1) is 31.6. The number of carbonyl (C=O) groups excluding carboxylic acids is 3. The number of fused-ring (bicyclic) bond motifs is 3. The summed E-state index contributed by atoms with van der Waals surface area (Å²) in [5, 5.41) is 8.16. The van der Waals surface area contributed by atoms with Gasteiger partial charge in [0, 0.05) is 18.2 Å². The molecule has 3 aromatic rings. The van der Waals surface area contributed by atoms with Gasteiger partial charge in [0.25, 0.3) is 0 Å². The van der Waals surface area contributed by atoms with Crippen molar-refractivity contribution in [3.8, 4) is 16.9 Å². The van der Waals surface area contributed by atoms with Crippen LogP contribution in [0.5, 0.6) is 5.75 Å². The van der Waals surface area contributed by atoms with Crippen molar-refractivity contribution in [2.75, 3.05) is 18.5 Å². The summed E-state index contributed by atoms with van der Waals surface area (Å²) < 4.78 is 12.0. The maximum absolute atomic E-state index is 13.3. The maximum atomic E-state index is 13.3. The topological polar surface area (TPSA) is 132 Å². The smallest absolute Gasteiger partial charge is 0.407 e. The van der Waals surface area contributed by atoms with E-state index in [4.69, 9.17) is 14.9 Å². The second-order valence-corrected chi connectivity index (χ2v) is 17.1. The molecule has 3 aromatic carbocycles. The number of benzene rings is 3. The Kier molecular flexibility index (Phi) is 9.80. The van der Waals surface area contributed by atoms with Gasteiger partial charge in [-0.15, -0.1) is 0 Å². The van der Waals surface area contributed by atoms with E-state index in [2.05, 4.69) is 61.9 Å². The Morgan fingerprint density at radius 2 is 1.49 bits per heavy atom. The van der Waals surface area contributed by atoms with Crippen LogP contribution in [-0.4, -0.2) is 45.5 Å². The van der Waals surface area contributed by atoms with Gasteiger partial charge in [0.15, 0.2) is 0 Å². The number of hydrogen-bond acceptors (Lipinski definition) is 5. The van der Waals surface area contributed by atoms with Gasteiger partial charge in [-0.2, -0.15) is 0 Å². The first-order valence-electron chi connectivity index (χ1n) is 14.6. The fraction of sp³-hybridized carbons (Fsp3) is 0.364. The molecule has 1 aliphatic carbocycles. The van der Waals surface area contributed by atoms with E-state index < -0.39 is 32.4 Å². The highest BCUT2D eigenvalue weighted by atomic mass is 28.4. The Morgan fingerprint density at radius 1 is 0.907 bits per heavy atom. The number of ether oxygens (including phenoxy) is 1. The molecule has 0 bridgehead atoms. The van der Waals surface area contributed by atoms with E-state index >= 15 is 0 Å². The zero-order valence-corrected chi connectivity index (χ0v) is 26.5. The Hall–Kier alpha value is -4.31. The van der Waals surface area contributed by atoms with Crippen LogP contribution >= 0.6 is 0 Å². The lowest BCUT2D eigenvalue weighted by atomic mass is 9.98. The SMILES string of the molecule is CC(C)(C)[Si](C)(C)Oc1ccc(NC(=O)[C@H](CCCNC(N)=O)NC(=O)OCC2c3ccccc3-c3ccccc32)cc1. The normalized spacial score (nSPS) is 13.3. The molecule has 0 saturated heterocycles. The second kappa shape index (κ2) is 13.3. The lowest BCUT2D eigenvalue weighted by molar-refractivity contribution is -0.118. The molecule has 10 heteroatoms. The average Bonchev–Trinajstić information content (AvgIpc) is 3.27. The molecular weight excluding hydrogens is 560 g/mol. The van der Waals surface area contributed by atoms with Crippen molar-refractivity contribution in [1.29, 1.82) is 0 Å². The van der Waals surface area contributed by atoms with Gasteiger partial charge in [-0.25, -0.2) is 9.59 Å². The highest BCUT2D eigenvalue weighted by Crippen LogP contribution is 2.44. The van der Waals surface area contributed by atoms with Crippen LogP contribution < -0.4 is 26.1 Å². The van der Waals surface area contributed by atoms with E-state index in [1.54, 1.807) is 12.1 Å². The minimum absolute atomic E-state index is 0.0568. The molecule has 1 aliphatic rings. The number of rotatable bonds is 11. The summed E-state index contributed by atoms with van der Waals surface area (Å²) in [7, 11) is -2.00. The van der Waals surface area contributed by atoms with E-state index in [9.17, 15) is 14.4 Å². The summed E-state index contributed by atoms with van der Waals surface area (Å²) in [4.78, 5) is 37.4. The monoisotopic (exact) mass is 602 g/mol. The van der Waals surface area contributed by atoms with Crippen LogP contribution in [0, 0.1) is 0 Å². The number of hydrogen-bond donors (Lipinski definition) is 4. The van der Waals surface area contributed by atoms with Crippen LogP contribution in [0.2, 0.25) is 18.1 Å². The van der Waals surface area contributed by atoms with Gasteiger partial charge in [-0.05, 0) is 77.5 Å². The van der Waals surface area contributed by atoms with E-state index in [1.165, 1.54) is 0 Å². The number of carbonyl (C=O) groups is 3. The molecule has 0 aromatic heterocycles. The van der Waals surface area contributed by atoms with Crippen molar-refractivity contribution in [3.63, 3.8) is 0 Å². The van der Waals surface area contributed by atoms with Crippen molar-refractivity contribution < 1.29 is 23.5 Å². The van der Waals surface area contributed by atoms with Gasteiger partial charge in [-0.3, -0.25) is 4.79 Å². The van der Waals surface area contributed by atoms with Crippen LogP contribution in [0.4, 0.5) is 15.3 Å². The molecule has 0 spiro atoms. The van der Waals surface area contributed by atoms with Crippen LogP contribution in [-0.2, 0) is 9.53 Å². The lowest BCUT2D eigenvalue weighted by Crippen LogP contribution is -2.45. The molecule has 0 fully saturated rings. The molecule has 0 radical (unpaired) electrons. The van der Waals surface area contributed by atoms with Gasteiger partial charge in [-0.1, -0.05) is 69.3 Å². The molecule has 0 unspecified atom stereocenters. The number of nitrogens with two attached hydrogens (primary N) is 1. The third kappa shape index (κ3) is 7.95. The van der Waals surface area contributed by atoms with Crippen LogP contribution in [0.1, 0.15) is 50.7 Å². The summed E-state index contributed by atoms with van der Waals surface area (Å²) in [6.45, 7) is 11.3. The summed E-state index contributed by atoms with van der Waals surface area (Å²) in [6, 6.07) is 21.9. The molecule has 0 saturated carbocycles. The second-order valence-electron chi connectivity index (χ2n) is 12.3. The summed E-state index contributed by atoms with van der Waals surface area (Å²) in [6.07, 6.45) is -0.00432. The molecule has 1 atom stereocenters. The third-order valence-corrected chi connectivity index (χ3v) is 12.6. The fourth-order valence-electron chi connectivity index (χ4n) is 4.85. The van der Waals surface area contributed by atoms with Crippen molar-refractivity contribution in [3.05, 3.63) is 83.9 Å². The van der Waals surface area contributed by atoms with Crippen molar-refractivity contribution in [1.82, 2.24) is 10.6 Å². The van der Waals surface area contributed by atoms with E-state index in [-0.39, 0.29) is 30.5 Å². The van der Waals surface area contributed by atoms with Gasteiger partial charge >= 0.3 is 12.1 Å². The minimum atomic E-state index is -2.00. The largest absolute Gasteiger partial charge is 0.544 e. The predicted molar refractivity (Wildman–Crippen MR) is 172 cm³/mol. The van der Waals surface area contributed by atoms with E-state index in [0.29, 0.717) is 12.1 Å². The van der Waals surface area contributed by atoms with Crippen molar-refractivity contribution in [2.24, 2.45) is 5.73 Å². The standard InChI is InChI=1S/C33H42N4O5Si/c1-33(2,3)43(4,5)42-23-18-16-22(17-19-23)36-30(38)29(15-10-20-35-31(34)39)37-32(40)41-21-28-26-13-8-6-11-24(26)25-12-7-9-14-27(25)28/h6-9,11-14,16-19,28-29H,10,15,20-21H2,1-5H3,(H,36,38)(H,37,40)(H3,34,35,39)/t29-/m0/s1. The van der Waals surface area contributed by atoms with E-state index in [0.717, 1.165) is 28.0 Å². The van der Waals surface area contributed by atoms with Gasteiger partial charge < -0.3 is 30.8 Å². The molecule has 228 valence electrons. The van der Waals surface area contributed by atoms with Crippen LogP contribution in [0.3, 0.4) is 0 Å². The van der Waals surface area contributed by atoms with Crippen LogP contribution in [0.25, 0.3) is 11.1 Å². The highest BCUT2D eigenvalue weighted by molar-refractivity contribution is 6.74. The maximum Gasteiger partial charge on any atom is 0.407 e. The number of alkyl carbamates (subject to hydrolysis) is 1. The quantitative estimate of drug-likeness (QED) is 0.150. The van der Waals surface area contributed by atoms with Gasteiger partial charge in [0.2, 0.25) is 14.2 Å². The Labute approximate surface area is 254 Å². The molecule has 4 rings (SSSR count). The molecule has 43 heavy (non-hydrogen) atoms. The molecule has 5 N–H and O–H groups in total. The summed E-state index contributed by atoms with van der Waals surface area (Å²) >= 11 is 0. The molecular formula is C33H42N4O5Si. The number of urea groups is 1. The zero-order valence-electron chi connectivity index (χ0n) is 25.5. The van der Waals surface area contributed by atoms with Crippen molar-refractivity contribution in [2.45, 2.75) is 63.7 Å². The minimum Gasteiger partial charge on any atom is -0.544 e. The molecule has 0 aliphatic heterocycles. The van der Waals surface area contributed by atoms with Gasteiger partial charge in [0.1, 0.15) is 18.4 Å². The van der Waals surface area contributed by atoms with Crippen molar-refractivity contribution >= 4 is 32.0 Å². The molecule has 4 amide bonds. The first-order chi connectivity index (χ1) is 20.4. The van der Waals surface area contributed by atoms with E-state index in [1.807, 2.05) is 48.5 Å². The third-order valence-electron chi connectivity index (χ3n) is 8.22. The first-order valence-corrected chi connectivity index (χ1v) is 17.5. The number of nitrogens with one attached hydrogen (secondary N) is 3. The number of primary amides is 1. The highest BCUT2D eigenvalue weighted by Gasteiger charge is 2.39. The molecule has 9 nitrogen and oxygen atoms in total. The predicted octanol–water partition coefficient (Wildman–Crippen LogP) is 6.36. The molecule has 0 heterocycles. The van der Waals surface area contributed by atoms with Crippen LogP contribution in [0.15, 0.2) is 72.8 Å². The summed E-state index contributed by atoms with van der Waals surface area (Å²) in [5.41, 5.74) is 10.2.